The summed E-state index contributed by atoms with van der Waals surface area (Å²) in [4.78, 5) is 21.4. The number of carbonyl (C=O) groups is 1. The van der Waals surface area contributed by atoms with Crippen molar-refractivity contribution in [3.05, 3.63) is 35.6 Å². The van der Waals surface area contributed by atoms with Gasteiger partial charge in [0.1, 0.15) is 11.1 Å². The van der Waals surface area contributed by atoms with Crippen LogP contribution in [0.4, 0.5) is 0 Å². The van der Waals surface area contributed by atoms with Gasteiger partial charge in [0, 0.05) is 13.1 Å². The summed E-state index contributed by atoms with van der Waals surface area (Å²) in [5.74, 6) is 1.17. The average molecular weight is 330 g/mol. The maximum atomic E-state index is 12.9. The molecule has 0 bridgehead atoms. The van der Waals surface area contributed by atoms with Gasteiger partial charge in [-0.1, -0.05) is 24.4 Å². The number of nitrogens with zero attached hydrogens (tertiary/aromatic N) is 3. The van der Waals surface area contributed by atoms with E-state index in [-0.39, 0.29) is 5.91 Å². The zero-order chi connectivity index (χ0) is 17.0. The Labute approximate surface area is 140 Å². The lowest BCUT2D eigenvalue weighted by molar-refractivity contribution is 0.0850. The molecule has 0 unspecified atom stereocenters. The van der Waals surface area contributed by atoms with E-state index in [1.54, 1.807) is 25.3 Å². The summed E-state index contributed by atoms with van der Waals surface area (Å²) in [7, 11) is 0. The molecule has 1 fully saturated rings. The second kappa shape index (κ2) is 6.98. The molecule has 0 saturated heterocycles. The van der Waals surface area contributed by atoms with Crippen LogP contribution in [-0.4, -0.2) is 27.6 Å². The minimum Gasteiger partial charge on any atom is -0.477 e. The van der Waals surface area contributed by atoms with Crippen molar-refractivity contribution in [3.63, 3.8) is 0 Å². The van der Waals surface area contributed by atoms with Gasteiger partial charge in [-0.15, -0.1) is 0 Å². The molecule has 2 aromatic rings. The lowest BCUT2D eigenvalue weighted by Crippen LogP contribution is -2.48. The minimum atomic E-state index is -0.591. The van der Waals surface area contributed by atoms with Crippen molar-refractivity contribution in [3.8, 4) is 5.88 Å². The monoisotopic (exact) mass is 330 g/mol. The van der Waals surface area contributed by atoms with Crippen molar-refractivity contribution in [1.82, 2.24) is 20.4 Å². The molecule has 0 atom stereocenters. The highest BCUT2D eigenvalue weighted by Crippen LogP contribution is 2.36. The number of carbonyl (C=O) groups excluding carboxylic acids is 1. The molecule has 0 aliphatic heterocycles. The van der Waals surface area contributed by atoms with E-state index in [4.69, 9.17) is 9.26 Å². The number of hydrogen-bond donors (Lipinski definition) is 1. The van der Waals surface area contributed by atoms with E-state index in [1.165, 1.54) is 0 Å². The standard InChI is InChI=1S/C17H22N4O3/c1-3-23-15-13(8-7-11-18-15)14(22)20-17(9-5-4-6-10-17)16-19-12(2)24-21-16/h7-8,11H,3-6,9-10H2,1-2H3,(H,20,22). The molecule has 3 rings (SSSR count). The maximum Gasteiger partial charge on any atom is 0.257 e. The van der Waals surface area contributed by atoms with E-state index < -0.39 is 5.54 Å². The van der Waals surface area contributed by atoms with Crippen molar-refractivity contribution in [2.75, 3.05) is 6.61 Å². The molecule has 128 valence electrons. The van der Waals surface area contributed by atoms with Gasteiger partial charge in [0.2, 0.25) is 11.8 Å². The third-order valence-corrected chi connectivity index (χ3v) is 4.31. The van der Waals surface area contributed by atoms with Crippen molar-refractivity contribution in [1.29, 1.82) is 0 Å². The number of hydrogen-bond acceptors (Lipinski definition) is 6. The molecule has 7 nitrogen and oxygen atoms in total. The summed E-state index contributed by atoms with van der Waals surface area (Å²) in [5, 5.41) is 7.20. The zero-order valence-electron chi connectivity index (χ0n) is 14.0. The minimum absolute atomic E-state index is 0.226. The molecule has 2 aromatic heterocycles. The fraction of sp³-hybridized carbons (Fsp3) is 0.529. The van der Waals surface area contributed by atoms with Crippen molar-refractivity contribution < 1.29 is 14.1 Å². The topological polar surface area (TPSA) is 90.1 Å². The highest BCUT2D eigenvalue weighted by molar-refractivity contribution is 5.96. The van der Waals surface area contributed by atoms with Crippen molar-refractivity contribution >= 4 is 5.91 Å². The number of aromatic nitrogens is 3. The van der Waals surface area contributed by atoms with E-state index >= 15 is 0 Å². The van der Waals surface area contributed by atoms with Gasteiger partial charge in [0.15, 0.2) is 5.82 Å². The summed E-state index contributed by atoms with van der Waals surface area (Å²) < 4.78 is 10.6. The molecule has 0 radical (unpaired) electrons. The predicted molar refractivity (Wildman–Crippen MR) is 86.7 cm³/mol. The van der Waals surface area contributed by atoms with Crippen LogP contribution in [0.3, 0.4) is 0 Å². The molecule has 1 aliphatic carbocycles. The molecular formula is C17H22N4O3. The molecule has 1 saturated carbocycles. The van der Waals surface area contributed by atoms with Crippen LogP contribution in [0.25, 0.3) is 0 Å². The van der Waals surface area contributed by atoms with Gasteiger partial charge in [-0.05, 0) is 31.9 Å². The average Bonchev–Trinajstić information content (AvgIpc) is 3.04. The van der Waals surface area contributed by atoms with Crippen LogP contribution in [0, 0.1) is 6.92 Å². The molecule has 0 spiro atoms. The third-order valence-electron chi connectivity index (χ3n) is 4.31. The van der Waals surface area contributed by atoms with Gasteiger partial charge in [0.05, 0.1) is 6.61 Å². The van der Waals surface area contributed by atoms with Crippen LogP contribution in [0.15, 0.2) is 22.9 Å². The molecule has 1 N–H and O–H groups in total. The van der Waals surface area contributed by atoms with Gasteiger partial charge < -0.3 is 14.6 Å². The van der Waals surface area contributed by atoms with Crippen molar-refractivity contribution in [2.24, 2.45) is 0 Å². The van der Waals surface area contributed by atoms with E-state index in [2.05, 4.69) is 20.4 Å². The normalized spacial score (nSPS) is 16.6. The Morgan fingerprint density at radius 2 is 2.17 bits per heavy atom. The van der Waals surface area contributed by atoms with Gasteiger partial charge >= 0.3 is 0 Å². The van der Waals surface area contributed by atoms with E-state index in [9.17, 15) is 4.79 Å². The molecular weight excluding hydrogens is 308 g/mol. The SMILES string of the molecule is CCOc1ncccc1C(=O)NC1(c2noc(C)n2)CCCCC1. The summed E-state index contributed by atoms with van der Waals surface area (Å²) >= 11 is 0. The molecule has 0 aromatic carbocycles. The summed E-state index contributed by atoms with van der Waals surface area (Å²) in [6.07, 6.45) is 6.37. The summed E-state index contributed by atoms with van der Waals surface area (Å²) in [5.41, 5.74) is -0.170. The smallest absolute Gasteiger partial charge is 0.257 e. The fourth-order valence-corrected chi connectivity index (χ4v) is 3.15. The van der Waals surface area contributed by atoms with Crippen LogP contribution in [-0.2, 0) is 5.54 Å². The third kappa shape index (κ3) is 3.25. The molecule has 2 heterocycles. The second-order valence-corrected chi connectivity index (χ2v) is 6.02. The second-order valence-electron chi connectivity index (χ2n) is 6.02. The van der Waals surface area contributed by atoms with E-state index in [0.29, 0.717) is 29.8 Å². The van der Waals surface area contributed by atoms with E-state index in [0.717, 1.165) is 32.1 Å². The Hall–Kier alpha value is -2.44. The number of nitrogens with one attached hydrogen (secondary N) is 1. The largest absolute Gasteiger partial charge is 0.477 e. The number of amides is 1. The van der Waals surface area contributed by atoms with Crippen LogP contribution in [0.2, 0.25) is 0 Å². The molecule has 7 heteroatoms. The van der Waals surface area contributed by atoms with Crippen molar-refractivity contribution in [2.45, 2.75) is 51.5 Å². The van der Waals surface area contributed by atoms with Gasteiger partial charge in [-0.2, -0.15) is 4.98 Å². The van der Waals surface area contributed by atoms with Gasteiger partial charge in [-0.3, -0.25) is 4.79 Å². The quantitative estimate of drug-likeness (QED) is 0.906. The first-order valence-electron chi connectivity index (χ1n) is 8.36. The first kappa shape index (κ1) is 16.4. The van der Waals surface area contributed by atoms with Crippen LogP contribution < -0.4 is 10.1 Å². The van der Waals surface area contributed by atoms with Gasteiger partial charge in [-0.25, -0.2) is 4.98 Å². The molecule has 1 amide bonds. The Bertz CT molecular complexity index is 707. The maximum absolute atomic E-state index is 12.9. The molecule has 1 aliphatic rings. The number of pyridine rings is 1. The zero-order valence-corrected chi connectivity index (χ0v) is 14.0. The first-order chi connectivity index (χ1) is 11.6. The van der Waals surface area contributed by atoms with Crippen LogP contribution in [0.5, 0.6) is 5.88 Å². The Balaban J connectivity index is 1.89. The summed E-state index contributed by atoms with van der Waals surface area (Å²) in [6.45, 7) is 4.07. The van der Waals surface area contributed by atoms with Crippen LogP contribution in [0.1, 0.15) is 61.1 Å². The highest BCUT2D eigenvalue weighted by atomic mass is 16.5. The van der Waals surface area contributed by atoms with Crippen LogP contribution >= 0.6 is 0 Å². The lowest BCUT2D eigenvalue weighted by atomic mass is 9.80. The lowest BCUT2D eigenvalue weighted by Gasteiger charge is -2.35. The number of ether oxygens (including phenoxy) is 1. The number of rotatable bonds is 5. The predicted octanol–water partition coefficient (Wildman–Crippen LogP) is 2.76. The Morgan fingerprint density at radius 1 is 1.38 bits per heavy atom. The number of aryl methyl sites for hydroxylation is 1. The Kier molecular flexibility index (Phi) is 4.78. The first-order valence-corrected chi connectivity index (χ1v) is 8.36. The molecule has 24 heavy (non-hydrogen) atoms. The highest BCUT2D eigenvalue weighted by Gasteiger charge is 2.40. The van der Waals surface area contributed by atoms with E-state index in [1.807, 2.05) is 6.92 Å². The fourth-order valence-electron chi connectivity index (χ4n) is 3.15. The Morgan fingerprint density at radius 3 is 2.83 bits per heavy atom. The summed E-state index contributed by atoms with van der Waals surface area (Å²) in [6, 6.07) is 3.44. The van der Waals surface area contributed by atoms with Gasteiger partial charge in [0.25, 0.3) is 5.91 Å².